The van der Waals surface area contributed by atoms with Crippen molar-refractivity contribution in [3.8, 4) is 11.8 Å². The first kappa shape index (κ1) is 13.8. The van der Waals surface area contributed by atoms with Crippen LogP contribution in [0.1, 0.15) is 21.6 Å². The van der Waals surface area contributed by atoms with Gasteiger partial charge in [0.2, 0.25) is 0 Å². The number of rotatable bonds is 2. The summed E-state index contributed by atoms with van der Waals surface area (Å²) in [6, 6.07) is 7.35. The van der Waals surface area contributed by atoms with Gasteiger partial charge in [-0.1, -0.05) is 17.9 Å². The molecule has 0 unspecified atom stereocenters. The molecular weight excluding hydrogens is 252 g/mol. The number of aryl methyl sites for hydroxylation is 2. The Labute approximate surface area is 117 Å². The standard InChI is InChI=1S/C15H16N4O/c1-11-5-6-12(4-3-8-16)14(10-11)17-15(20)13-7-9-19(2)18-13/h5-7,9-10H,8,16H2,1-2H3,(H,17,20). The maximum Gasteiger partial charge on any atom is 0.276 e. The average Bonchev–Trinajstić information content (AvgIpc) is 2.85. The van der Waals surface area contributed by atoms with Gasteiger partial charge in [0.15, 0.2) is 5.69 Å². The fourth-order valence-electron chi connectivity index (χ4n) is 1.74. The van der Waals surface area contributed by atoms with E-state index in [0.717, 1.165) is 11.1 Å². The zero-order chi connectivity index (χ0) is 14.5. The largest absolute Gasteiger partial charge is 0.320 e. The van der Waals surface area contributed by atoms with Crippen molar-refractivity contribution < 1.29 is 4.79 Å². The lowest BCUT2D eigenvalue weighted by Gasteiger charge is -2.07. The van der Waals surface area contributed by atoms with Gasteiger partial charge in [-0.2, -0.15) is 5.10 Å². The third-order valence-corrected chi connectivity index (χ3v) is 2.69. The Bertz CT molecular complexity index is 691. The van der Waals surface area contributed by atoms with Crippen LogP contribution in [0.15, 0.2) is 30.5 Å². The lowest BCUT2D eigenvalue weighted by molar-refractivity contribution is 0.102. The first-order valence-corrected chi connectivity index (χ1v) is 6.20. The molecule has 0 saturated carbocycles. The zero-order valence-corrected chi connectivity index (χ0v) is 11.5. The Hall–Kier alpha value is -2.58. The first-order valence-electron chi connectivity index (χ1n) is 6.20. The van der Waals surface area contributed by atoms with Gasteiger partial charge in [0.1, 0.15) is 0 Å². The van der Waals surface area contributed by atoms with Crippen molar-refractivity contribution in [2.24, 2.45) is 12.8 Å². The molecule has 0 aliphatic heterocycles. The van der Waals surface area contributed by atoms with Crippen LogP contribution in [0.5, 0.6) is 0 Å². The second-order valence-corrected chi connectivity index (χ2v) is 4.38. The predicted octanol–water partition coefficient (Wildman–Crippen LogP) is 1.29. The van der Waals surface area contributed by atoms with Crippen molar-refractivity contribution in [2.75, 3.05) is 11.9 Å². The summed E-state index contributed by atoms with van der Waals surface area (Å²) in [5.41, 5.74) is 8.20. The van der Waals surface area contributed by atoms with Crippen LogP contribution in [0.4, 0.5) is 5.69 Å². The third-order valence-electron chi connectivity index (χ3n) is 2.69. The topological polar surface area (TPSA) is 72.9 Å². The summed E-state index contributed by atoms with van der Waals surface area (Å²) in [6.07, 6.45) is 1.72. The van der Waals surface area contributed by atoms with Gasteiger partial charge in [0, 0.05) is 18.8 Å². The zero-order valence-electron chi connectivity index (χ0n) is 11.5. The van der Waals surface area contributed by atoms with E-state index in [-0.39, 0.29) is 12.5 Å². The number of aromatic nitrogens is 2. The van der Waals surface area contributed by atoms with Crippen molar-refractivity contribution >= 4 is 11.6 Å². The molecule has 5 heteroatoms. The van der Waals surface area contributed by atoms with Gasteiger partial charge < -0.3 is 11.1 Å². The Morgan fingerprint density at radius 1 is 1.45 bits per heavy atom. The number of benzene rings is 1. The van der Waals surface area contributed by atoms with E-state index in [4.69, 9.17) is 5.73 Å². The number of carbonyl (C=O) groups is 1. The summed E-state index contributed by atoms with van der Waals surface area (Å²) < 4.78 is 1.58. The van der Waals surface area contributed by atoms with Crippen molar-refractivity contribution in [2.45, 2.75) is 6.92 Å². The highest BCUT2D eigenvalue weighted by molar-refractivity contribution is 6.03. The number of carbonyl (C=O) groups excluding carboxylic acids is 1. The van der Waals surface area contributed by atoms with Crippen LogP contribution in [-0.4, -0.2) is 22.2 Å². The maximum absolute atomic E-state index is 12.1. The Kier molecular flexibility index (Phi) is 4.18. The van der Waals surface area contributed by atoms with Crippen LogP contribution < -0.4 is 11.1 Å². The van der Waals surface area contributed by atoms with E-state index in [1.54, 1.807) is 24.0 Å². The molecule has 2 rings (SSSR count). The van der Waals surface area contributed by atoms with E-state index in [1.165, 1.54) is 0 Å². The molecule has 1 amide bonds. The Morgan fingerprint density at radius 2 is 2.25 bits per heavy atom. The summed E-state index contributed by atoms with van der Waals surface area (Å²) in [6.45, 7) is 2.23. The lowest BCUT2D eigenvalue weighted by Crippen LogP contribution is -2.14. The highest BCUT2D eigenvalue weighted by Gasteiger charge is 2.11. The molecule has 0 fully saturated rings. The van der Waals surface area contributed by atoms with Crippen molar-refractivity contribution in [1.82, 2.24) is 9.78 Å². The minimum atomic E-state index is -0.257. The van der Waals surface area contributed by atoms with Gasteiger partial charge in [-0.25, -0.2) is 0 Å². The summed E-state index contributed by atoms with van der Waals surface area (Å²) in [5, 5.41) is 6.90. The molecule has 0 aliphatic carbocycles. The van der Waals surface area contributed by atoms with Crippen molar-refractivity contribution in [1.29, 1.82) is 0 Å². The molecule has 0 spiro atoms. The monoisotopic (exact) mass is 268 g/mol. The number of nitrogens with two attached hydrogens (primary N) is 1. The smallest absolute Gasteiger partial charge is 0.276 e. The molecule has 1 heterocycles. The van der Waals surface area contributed by atoms with Crippen LogP contribution in [0.25, 0.3) is 0 Å². The van der Waals surface area contributed by atoms with E-state index < -0.39 is 0 Å². The molecule has 0 atom stereocenters. The molecular formula is C15H16N4O. The van der Waals surface area contributed by atoms with Gasteiger partial charge in [-0.3, -0.25) is 9.48 Å². The highest BCUT2D eigenvalue weighted by Crippen LogP contribution is 2.17. The van der Waals surface area contributed by atoms with Gasteiger partial charge in [-0.05, 0) is 30.7 Å². The van der Waals surface area contributed by atoms with Crippen LogP contribution >= 0.6 is 0 Å². The predicted molar refractivity (Wildman–Crippen MR) is 78.3 cm³/mol. The molecule has 1 aromatic carbocycles. The summed E-state index contributed by atoms with van der Waals surface area (Å²) in [7, 11) is 1.77. The second kappa shape index (κ2) is 6.04. The Morgan fingerprint density at radius 3 is 2.90 bits per heavy atom. The summed E-state index contributed by atoms with van der Waals surface area (Å²) in [4.78, 5) is 12.1. The third kappa shape index (κ3) is 3.25. The second-order valence-electron chi connectivity index (χ2n) is 4.38. The van der Waals surface area contributed by atoms with Gasteiger partial charge >= 0.3 is 0 Å². The van der Waals surface area contributed by atoms with Gasteiger partial charge in [0.25, 0.3) is 5.91 Å². The molecule has 20 heavy (non-hydrogen) atoms. The van der Waals surface area contributed by atoms with Crippen LogP contribution in [0.2, 0.25) is 0 Å². The molecule has 0 saturated heterocycles. The van der Waals surface area contributed by atoms with E-state index in [0.29, 0.717) is 11.4 Å². The van der Waals surface area contributed by atoms with Crippen molar-refractivity contribution in [3.63, 3.8) is 0 Å². The van der Waals surface area contributed by atoms with E-state index in [2.05, 4.69) is 22.3 Å². The number of nitrogens with one attached hydrogen (secondary N) is 1. The number of amides is 1. The quantitative estimate of drug-likeness (QED) is 0.806. The molecule has 0 radical (unpaired) electrons. The van der Waals surface area contributed by atoms with Crippen LogP contribution in [-0.2, 0) is 7.05 Å². The lowest BCUT2D eigenvalue weighted by atomic mass is 10.1. The molecule has 1 aromatic heterocycles. The molecule has 2 aromatic rings. The fraction of sp³-hybridized carbons (Fsp3) is 0.200. The number of anilines is 1. The Balaban J connectivity index is 2.28. The first-order chi connectivity index (χ1) is 9.60. The average molecular weight is 268 g/mol. The van der Waals surface area contributed by atoms with Crippen LogP contribution in [0.3, 0.4) is 0 Å². The van der Waals surface area contributed by atoms with E-state index in [1.807, 2.05) is 25.1 Å². The number of hydrogen-bond donors (Lipinski definition) is 2. The van der Waals surface area contributed by atoms with Crippen molar-refractivity contribution in [3.05, 3.63) is 47.3 Å². The molecule has 0 aliphatic rings. The number of hydrogen-bond acceptors (Lipinski definition) is 3. The van der Waals surface area contributed by atoms with Gasteiger partial charge in [0.05, 0.1) is 12.2 Å². The molecule has 5 nitrogen and oxygen atoms in total. The van der Waals surface area contributed by atoms with E-state index >= 15 is 0 Å². The molecule has 3 N–H and O–H groups in total. The SMILES string of the molecule is Cc1ccc(C#CCN)c(NC(=O)c2ccn(C)n2)c1. The minimum Gasteiger partial charge on any atom is -0.320 e. The molecule has 102 valence electrons. The maximum atomic E-state index is 12.1. The molecule has 0 bridgehead atoms. The number of nitrogens with zero attached hydrogens (tertiary/aromatic N) is 2. The van der Waals surface area contributed by atoms with E-state index in [9.17, 15) is 4.79 Å². The summed E-state index contributed by atoms with van der Waals surface area (Å²) >= 11 is 0. The fourth-order valence-corrected chi connectivity index (χ4v) is 1.74. The van der Waals surface area contributed by atoms with Crippen LogP contribution in [0, 0.1) is 18.8 Å². The minimum absolute atomic E-state index is 0.257. The summed E-state index contributed by atoms with van der Waals surface area (Å²) in [5.74, 6) is 5.48. The highest BCUT2D eigenvalue weighted by atomic mass is 16.1. The normalized spacial score (nSPS) is 9.75. The van der Waals surface area contributed by atoms with Gasteiger partial charge in [-0.15, -0.1) is 0 Å².